The van der Waals surface area contributed by atoms with Crippen LogP contribution < -0.4 is 24.3 Å². The minimum Gasteiger partial charge on any atom is -0.488 e. The zero-order chi connectivity index (χ0) is 28.6. The van der Waals surface area contributed by atoms with Crippen molar-refractivity contribution < 1.29 is 24.1 Å². The number of nitrogens with zero attached hydrogens (tertiary/aromatic N) is 1. The van der Waals surface area contributed by atoms with Gasteiger partial charge >= 0.3 is 0 Å². The van der Waals surface area contributed by atoms with Gasteiger partial charge in [0.15, 0.2) is 11.5 Å². The zero-order valence-electron chi connectivity index (χ0n) is 22.2. The van der Waals surface area contributed by atoms with Gasteiger partial charge in [-0.2, -0.15) is 5.26 Å². The summed E-state index contributed by atoms with van der Waals surface area (Å²) < 4.78 is 24.7. The number of nitriles is 1. The molecule has 0 amide bonds. The molecule has 0 aliphatic carbocycles. The van der Waals surface area contributed by atoms with Crippen molar-refractivity contribution in [3.05, 3.63) is 105 Å². The zero-order valence-corrected chi connectivity index (χ0v) is 24.5. The first-order chi connectivity index (χ1) is 20.1. The highest BCUT2D eigenvalue weighted by Gasteiger charge is 2.16. The molecule has 2 N–H and O–H groups in total. The fourth-order valence-electron chi connectivity index (χ4n) is 4.43. The van der Waals surface area contributed by atoms with Crippen molar-refractivity contribution in [2.24, 2.45) is 0 Å². The summed E-state index contributed by atoms with van der Waals surface area (Å²) in [6.07, 6.45) is 0. The lowest BCUT2D eigenvalue weighted by molar-refractivity contribution is 0.171. The molecule has 0 unspecified atom stereocenters. The van der Waals surface area contributed by atoms with Crippen LogP contribution in [0, 0.1) is 11.3 Å². The number of hydrogen-bond acceptors (Lipinski definition) is 7. The first-order valence-electron chi connectivity index (χ1n) is 13.1. The van der Waals surface area contributed by atoms with Crippen LogP contribution in [0.2, 0.25) is 5.02 Å². The van der Waals surface area contributed by atoms with Crippen LogP contribution in [0.25, 0.3) is 11.1 Å². The molecule has 0 radical (unpaired) electrons. The Labute approximate surface area is 252 Å². The van der Waals surface area contributed by atoms with Gasteiger partial charge in [-0.05, 0) is 63.0 Å². The molecule has 210 valence electrons. The van der Waals surface area contributed by atoms with Crippen LogP contribution >= 0.6 is 27.5 Å². The van der Waals surface area contributed by atoms with Crippen molar-refractivity contribution in [1.82, 2.24) is 5.32 Å². The van der Waals surface area contributed by atoms with Gasteiger partial charge in [0.2, 0.25) is 0 Å². The van der Waals surface area contributed by atoms with Crippen LogP contribution in [0.3, 0.4) is 0 Å². The van der Waals surface area contributed by atoms with Gasteiger partial charge < -0.3 is 29.4 Å². The Kier molecular flexibility index (Phi) is 9.65. The van der Waals surface area contributed by atoms with E-state index in [1.165, 1.54) is 0 Å². The average Bonchev–Trinajstić information content (AvgIpc) is 3.00. The highest BCUT2D eigenvalue weighted by Crippen LogP contribution is 2.39. The number of aliphatic hydroxyl groups excluding tert-OH is 1. The summed E-state index contributed by atoms with van der Waals surface area (Å²) in [5.74, 6) is 2.56. The first kappa shape index (κ1) is 28.8. The van der Waals surface area contributed by atoms with Gasteiger partial charge in [-0.15, -0.1) is 0 Å². The fourth-order valence-corrected chi connectivity index (χ4v) is 5.28. The monoisotopic (exact) mass is 634 g/mol. The molecule has 0 bridgehead atoms. The Balaban J connectivity index is 1.35. The Bertz CT molecular complexity index is 1570. The van der Waals surface area contributed by atoms with Gasteiger partial charge in [-0.25, -0.2) is 0 Å². The third kappa shape index (κ3) is 7.13. The minimum absolute atomic E-state index is 0.0201. The Hall–Kier alpha value is -3.74. The van der Waals surface area contributed by atoms with E-state index in [2.05, 4.69) is 27.3 Å². The number of halogens is 2. The molecule has 41 heavy (non-hydrogen) atoms. The predicted octanol–water partition coefficient (Wildman–Crippen LogP) is 6.65. The second-order valence-electron chi connectivity index (χ2n) is 9.32. The molecule has 1 aliphatic heterocycles. The molecule has 1 aliphatic rings. The molecule has 0 aromatic heterocycles. The standard InChI is InChI=1S/C32H28BrClN2O5/c33-32-24(5-2-6-26(32)23-7-8-28-31(15-23)39-12-11-38-28)20-41-30-16-29(25(14-27(30)34)18-36-9-10-37)40-19-22-4-1-3-21(13-22)17-35/h1-8,13-16,36-37H,9-12,18-20H2. The maximum absolute atomic E-state index is 9.22. The molecule has 0 saturated carbocycles. The topological polar surface area (TPSA) is 93.0 Å². The number of hydrogen-bond donors (Lipinski definition) is 2. The van der Waals surface area contributed by atoms with Gasteiger partial charge in [-0.1, -0.05) is 48.0 Å². The van der Waals surface area contributed by atoms with Gasteiger partial charge in [-0.3, -0.25) is 0 Å². The molecular weight excluding hydrogens is 608 g/mol. The normalized spacial score (nSPS) is 12.0. The molecule has 7 nitrogen and oxygen atoms in total. The Morgan fingerprint density at radius 3 is 2.54 bits per heavy atom. The molecular formula is C32H28BrClN2O5. The molecule has 0 spiro atoms. The average molecular weight is 636 g/mol. The van der Waals surface area contributed by atoms with Crippen LogP contribution in [0.15, 0.2) is 77.3 Å². The second-order valence-corrected chi connectivity index (χ2v) is 10.5. The quantitative estimate of drug-likeness (QED) is 0.178. The Morgan fingerprint density at radius 2 is 1.71 bits per heavy atom. The summed E-state index contributed by atoms with van der Waals surface area (Å²) in [7, 11) is 0. The van der Waals surface area contributed by atoms with Crippen molar-refractivity contribution >= 4 is 27.5 Å². The van der Waals surface area contributed by atoms with Gasteiger partial charge in [0, 0.05) is 34.8 Å². The number of fused-ring (bicyclic) bond motifs is 1. The summed E-state index contributed by atoms with van der Waals surface area (Å²) in [6, 6.07) is 24.9. The summed E-state index contributed by atoms with van der Waals surface area (Å²) in [4.78, 5) is 0. The second kappa shape index (κ2) is 13.7. The lowest BCUT2D eigenvalue weighted by Crippen LogP contribution is -2.18. The molecule has 0 fully saturated rings. The van der Waals surface area contributed by atoms with Crippen LogP contribution in [0.5, 0.6) is 23.0 Å². The van der Waals surface area contributed by atoms with Crippen LogP contribution in [-0.2, 0) is 19.8 Å². The van der Waals surface area contributed by atoms with Crippen molar-refractivity contribution in [3.8, 4) is 40.2 Å². The smallest absolute Gasteiger partial charge is 0.161 e. The van der Waals surface area contributed by atoms with Crippen molar-refractivity contribution in [3.63, 3.8) is 0 Å². The third-order valence-corrected chi connectivity index (χ3v) is 7.72. The van der Waals surface area contributed by atoms with Gasteiger partial charge in [0.05, 0.1) is 23.3 Å². The lowest BCUT2D eigenvalue weighted by Gasteiger charge is -2.19. The van der Waals surface area contributed by atoms with E-state index in [0.717, 1.165) is 43.8 Å². The number of aliphatic hydroxyl groups is 1. The maximum atomic E-state index is 9.22. The number of nitrogens with one attached hydrogen (secondary N) is 1. The highest BCUT2D eigenvalue weighted by molar-refractivity contribution is 9.10. The van der Waals surface area contributed by atoms with E-state index in [4.69, 9.17) is 30.5 Å². The minimum atomic E-state index is 0.0201. The van der Waals surface area contributed by atoms with Crippen molar-refractivity contribution in [2.45, 2.75) is 19.8 Å². The number of rotatable bonds is 11. The third-order valence-electron chi connectivity index (χ3n) is 6.48. The predicted molar refractivity (Wildman–Crippen MR) is 161 cm³/mol. The molecule has 4 aromatic carbocycles. The van der Waals surface area contributed by atoms with E-state index < -0.39 is 0 Å². The van der Waals surface area contributed by atoms with E-state index in [0.29, 0.717) is 48.4 Å². The summed E-state index contributed by atoms with van der Waals surface area (Å²) in [6.45, 7) is 2.53. The van der Waals surface area contributed by atoms with E-state index in [1.54, 1.807) is 18.2 Å². The molecule has 5 rings (SSSR count). The Morgan fingerprint density at radius 1 is 0.902 bits per heavy atom. The highest BCUT2D eigenvalue weighted by atomic mass is 79.9. The molecule has 0 saturated heterocycles. The van der Waals surface area contributed by atoms with Crippen LogP contribution in [-0.4, -0.2) is 31.5 Å². The van der Waals surface area contributed by atoms with Gasteiger partial charge in [0.25, 0.3) is 0 Å². The van der Waals surface area contributed by atoms with Crippen molar-refractivity contribution in [1.29, 1.82) is 5.26 Å². The van der Waals surface area contributed by atoms with Crippen molar-refractivity contribution in [2.75, 3.05) is 26.4 Å². The molecule has 9 heteroatoms. The first-order valence-corrected chi connectivity index (χ1v) is 14.3. The maximum Gasteiger partial charge on any atom is 0.161 e. The summed E-state index contributed by atoms with van der Waals surface area (Å²) in [5.41, 5.74) is 5.21. The van der Waals surface area contributed by atoms with E-state index in [1.807, 2.05) is 54.6 Å². The molecule has 1 heterocycles. The molecule has 4 aromatic rings. The van der Waals surface area contributed by atoms with E-state index in [9.17, 15) is 10.4 Å². The number of benzene rings is 4. The largest absolute Gasteiger partial charge is 0.488 e. The fraction of sp³-hybridized carbons (Fsp3) is 0.219. The number of ether oxygens (including phenoxy) is 4. The van der Waals surface area contributed by atoms with Crippen LogP contribution in [0.1, 0.15) is 22.3 Å². The summed E-state index contributed by atoms with van der Waals surface area (Å²) in [5, 5.41) is 22.0. The summed E-state index contributed by atoms with van der Waals surface area (Å²) >= 11 is 10.4. The lowest BCUT2D eigenvalue weighted by atomic mass is 10.0. The molecule has 0 atom stereocenters. The van der Waals surface area contributed by atoms with Gasteiger partial charge in [0.1, 0.15) is 37.9 Å². The van der Waals surface area contributed by atoms with E-state index >= 15 is 0 Å². The SMILES string of the molecule is N#Cc1cccc(COc2cc(OCc3cccc(-c4ccc5c(c4)OCCO5)c3Br)c(Cl)cc2CNCCO)c1. The van der Waals surface area contributed by atoms with E-state index in [-0.39, 0.29) is 19.8 Å². The van der Waals surface area contributed by atoms with Crippen LogP contribution in [0.4, 0.5) is 0 Å².